The van der Waals surface area contributed by atoms with Crippen molar-refractivity contribution in [2.75, 3.05) is 14.2 Å². The van der Waals surface area contributed by atoms with E-state index in [2.05, 4.69) is 10.6 Å². The van der Waals surface area contributed by atoms with Crippen LogP contribution in [0, 0.1) is 6.92 Å². The zero-order chi connectivity index (χ0) is 8.97. The van der Waals surface area contributed by atoms with E-state index >= 15 is 0 Å². The van der Waals surface area contributed by atoms with Crippen LogP contribution in [0.5, 0.6) is 5.95 Å². The molecule has 0 saturated heterocycles. The molecule has 68 valence electrons. The van der Waals surface area contributed by atoms with Crippen LogP contribution in [-0.4, -0.2) is 19.4 Å². The zero-order valence-electron chi connectivity index (χ0n) is 7.38. The van der Waals surface area contributed by atoms with Gasteiger partial charge < -0.3 is 14.1 Å². The summed E-state index contributed by atoms with van der Waals surface area (Å²) in [5.74, 6) is 0.428. The van der Waals surface area contributed by atoms with Crippen molar-refractivity contribution < 1.29 is 14.1 Å². The van der Waals surface area contributed by atoms with Gasteiger partial charge in [-0.25, -0.2) is 0 Å². The summed E-state index contributed by atoms with van der Waals surface area (Å²) < 4.78 is 9.81. The number of hydroxylamine groups is 1. The SMILES string of the molecule is CONCc1c(C)noc1OC. The van der Waals surface area contributed by atoms with E-state index in [1.54, 1.807) is 7.11 Å². The number of nitrogens with one attached hydrogen (secondary N) is 1. The Bertz CT molecular complexity index is 247. The molecule has 0 atom stereocenters. The normalized spacial score (nSPS) is 10.2. The van der Waals surface area contributed by atoms with E-state index in [-0.39, 0.29) is 0 Å². The highest BCUT2D eigenvalue weighted by atomic mass is 16.6. The Morgan fingerprint density at radius 1 is 1.50 bits per heavy atom. The molecule has 0 saturated carbocycles. The fraction of sp³-hybridized carbons (Fsp3) is 0.571. The molecule has 0 aliphatic heterocycles. The quantitative estimate of drug-likeness (QED) is 0.675. The highest BCUT2D eigenvalue weighted by Crippen LogP contribution is 2.20. The largest absolute Gasteiger partial charge is 0.467 e. The molecule has 0 radical (unpaired) electrons. The van der Waals surface area contributed by atoms with Gasteiger partial charge in [0.05, 0.1) is 32.0 Å². The first kappa shape index (κ1) is 9.02. The Balaban J connectivity index is 2.72. The molecule has 1 aromatic rings. The second kappa shape index (κ2) is 4.08. The third-order valence-electron chi connectivity index (χ3n) is 1.53. The fourth-order valence-electron chi connectivity index (χ4n) is 0.873. The molecule has 1 heterocycles. The third kappa shape index (κ3) is 1.75. The lowest BCUT2D eigenvalue weighted by Gasteiger charge is -2.00. The van der Waals surface area contributed by atoms with Gasteiger partial charge in [-0.2, -0.15) is 5.48 Å². The second-order valence-electron chi connectivity index (χ2n) is 2.26. The van der Waals surface area contributed by atoms with Crippen molar-refractivity contribution in [1.29, 1.82) is 0 Å². The minimum Gasteiger partial charge on any atom is -0.467 e. The minimum absolute atomic E-state index is 0.428. The molecule has 5 nitrogen and oxygen atoms in total. The molecule has 0 fully saturated rings. The van der Waals surface area contributed by atoms with Gasteiger partial charge in [-0.3, -0.25) is 0 Å². The first-order valence-corrected chi connectivity index (χ1v) is 3.54. The van der Waals surface area contributed by atoms with Gasteiger partial charge in [0, 0.05) is 0 Å². The monoisotopic (exact) mass is 172 g/mol. The number of rotatable bonds is 4. The number of ether oxygens (including phenoxy) is 1. The number of hydrogen-bond acceptors (Lipinski definition) is 5. The van der Waals surface area contributed by atoms with Crippen LogP contribution in [0.2, 0.25) is 0 Å². The Labute approximate surface area is 70.6 Å². The summed E-state index contributed by atoms with van der Waals surface area (Å²) in [5.41, 5.74) is 4.36. The van der Waals surface area contributed by atoms with E-state index in [1.807, 2.05) is 6.92 Å². The molecule has 12 heavy (non-hydrogen) atoms. The van der Waals surface area contributed by atoms with Crippen molar-refractivity contribution >= 4 is 0 Å². The van der Waals surface area contributed by atoms with E-state index in [9.17, 15) is 0 Å². The van der Waals surface area contributed by atoms with Gasteiger partial charge in [-0.1, -0.05) is 5.16 Å². The van der Waals surface area contributed by atoms with E-state index in [0.717, 1.165) is 11.3 Å². The number of hydrogen-bond donors (Lipinski definition) is 1. The average Bonchev–Trinajstić information content (AvgIpc) is 2.43. The molecule has 0 aliphatic rings. The van der Waals surface area contributed by atoms with Crippen molar-refractivity contribution in [3.05, 3.63) is 11.3 Å². The lowest BCUT2D eigenvalue weighted by molar-refractivity contribution is 0.0855. The molecule has 5 heteroatoms. The molecule has 0 aromatic carbocycles. The molecular weight excluding hydrogens is 160 g/mol. The van der Waals surface area contributed by atoms with E-state index < -0.39 is 0 Å². The van der Waals surface area contributed by atoms with Crippen molar-refractivity contribution in [3.63, 3.8) is 0 Å². The van der Waals surface area contributed by atoms with E-state index in [1.165, 1.54) is 7.11 Å². The standard InChI is InChI=1S/C7H12N2O3/c1-5-6(4-8-11-3)7(10-2)12-9-5/h8H,4H2,1-3H3. The van der Waals surface area contributed by atoms with Gasteiger partial charge in [0.15, 0.2) is 0 Å². The summed E-state index contributed by atoms with van der Waals surface area (Å²) in [7, 11) is 3.09. The summed E-state index contributed by atoms with van der Waals surface area (Å²) in [4.78, 5) is 4.69. The molecule has 0 bridgehead atoms. The summed E-state index contributed by atoms with van der Waals surface area (Å²) in [6.07, 6.45) is 0. The van der Waals surface area contributed by atoms with Crippen LogP contribution < -0.4 is 10.2 Å². The lowest BCUT2D eigenvalue weighted by atomic mass is 10.2. The van der Waals surface area contributed by atoms with Crippen LogP contribution in [0.4, 0.5) is 0 Å². The summed E-state index contributed by atoms with van der Waals surface area (Å²) in [6, 6.07) is 0. The van der Waals surface area contributed by atoms with E-state index in [4.69, 9.17) is 14.1 Å². The molecule has 0 amide bonds. The highest BCUT2D eigenvalue weighted by molar-refractivity contribution is 5.26. The van der Waals surface area contributed by atoms with Gasteiger partial charge in [0.2, 0.25) is 0 Å². The van der Waals surface area contributed by atoms with Gasteiger partial charge in [0.25, 0.3) is 0 Å². The van der Waals surface area contributed by atoms with E-state index in [0.29, 0.717) is 12.5 Å². The van der Waals surface area contributed by atoms with Crippen LogP contribution >= 0.6 is 0 Å². The molecule has 1 rings (SSSR count). The smallest absolute Gasteiger partial charge is 0.315 e. The number of nitrogens with zero attached hydrogens (tertiary/aromatic N) is 1. The van der Waals surface area contributed by atoms with Gasteiger partial charge in [0.1, 0.15) is 0 Å². The average molecular weight is 172 g/mol. The van der Waals surface area contributed by atoms with Gasteiger partial charge >= 0.3 is 5.95 Å². The van der Waals surface area contributed by atoms with Gasteiger partial charge in [-0.15, -0.1) is 0 Å². The zero-order valence-corrected chi connectivity index (χ0v) is 7.38. The van der Waals surface area contributed by atoms with Crippen LogP contribution in [-0.2, 0) is 11.4 Å². The summed E-state index contributed by atoms with van der Waals surface area (Å²) >= 11 is 0. The number of aromatic nitrogens is 1. The molecule has 0 spiro atoms. The Morgan fingerprint density at radius 2 is 2.25 bits per heavy atom. The van der Waals surface area contributed by atoms with Crippen LogP contribution in [0.3, 0.4) is 0 Å². The van der Waals surface area contributed by atoms with Crippen molar-refractivity contribution in [3.8, 4) is 5.95 Å². The lowest BCUT2D eigenvalue weighted by Crippen LogP contribution is -2.11. The van der Waals surface area contributed by atoms with Crippen LogP contribution in [0.15, 0.2) is 4.52 Å². The Morgan fingerprint density at radius 3 is 2.83 bits per heavy atom. The molecular formula is C7H12N2O3. The minimum atomic E-state index is 0.428. The molecule has 0 unspecified atom stereocenters. The highest BCUT2D eigenvalue weighted by Gasteiger charge is 2.12. The summed E-state index contributed by atoms with van der Waals surface area (Å²) in [5, 5.41) is 3.74. The summed E-state index contributed by atoms with van der Waals surface area (Å²) in [6.45, 7) is 2.37. The second-order valence-corrected chi connectivity index (χ2v) is 2.26. The van der Waals surface area contributed by atoms with Crippen LogP contribution in [0.1, 0.15) is 11.3 Å². The third-order valence-corrected chi connectivity index (χ3v) is 1.53. The maximum Gasteiger partial charge on any atom is 0.315 e. The first-order chi connectivity index (χ1) is 5.79. The first-order valence-electron chi connectivity index (χ1n) is 3.54. The van der Waals surface area contributed by atoms with Crippen molar-refractivity contribution in [2.24, 2.45) is 0 Å². The van der Waals surface area contributed by atoms with Gasteiger partial charge in [-0.05, 0) is 6.92 Å². The number of methoxy groups -OCH3 is 1. The predicted octanol–water partition coefficient (Wildman–Crippen LogP) is 0.643. The Kier molecular flexibility index (Phi) is 3.07. The maximum atomic E-state index is 4.94. The fourth-order valence-corrected chi connectivity index (χ4v) is 0.873. The topological polar surface area (TPSA) is 56.5 Å². The molecule has 1 N–H and O–H groups in total. The molecule has 0 aliphatic carbocycles. The maximum absolute atomic E-state index is 4.94. The predicted molar refractivity (Wildman–Crippen MR) is 41.6 cm³/mol. The molecule has 1 aromatic heterocycles. The number of aryl methyl sites for hydroxylation is 1. The van der Waals surface area contributed by atoms with Crippen molar-refractivity contribution in [1.82, 2.24) is 10.6 Å². The van der Waals surface area contributed by atoms with Crippen molar-refractivity contribution in [2.45, 2.75) is 13.5 Å². The van der Waals surface area contributed by atoms with Crippen LogP contribution in [0.25, 0.3) is 0 Å². The Hall–Kier alpha value is -1.07.